The van der Waals surface area contributed by atoms with Crippen LogP contribution in [0.2, 0.25) is 0 Å². The van der Waals surface area contributed by atoms with Gasteiger partial charge in [-0.1, -0.05) is 25.9 Å². The molecule has 2 atom stereocenters. The van der Waals surface area contributed by atoms with Gasteiger partial charge in [0, 0.05) is 19.1 Å². The standard InChI is InChI=1S/C16H29N3O2/c1-5-9-17-13(12-7-8-12)10-14-18-16(19-21-14)15(11(3)4)20-6-2/h11-13,15,17H,5-10H2,1-4H3. The molecule has 1 N–H and O–H groups in total. The lowest BCUT2D eigenvalue weighted by atomic mass is 10.1. The van der Waals surface area contributed by atoms with E-state index in [1.165, 1.54) is 12.8 Å². The fourth-order valence-electron chi connectivity index (χ4n) is 2.63. The van der Waals surface area contributed by atoms with E-state index in [-0.39, 0.29) is 6.10 Å². The Balaban J connectivity index is 1.97. The third-order valence-corrected chi connectivity index (χ3v) is 3.93. The second-order valence-electron chi connectivity index (χ2n) is 6.27. The zero-order valence-corrected chi connectivity index (χ0v) is 13.8. The fraction of sp³-hybridized carbons (Fsp3) is 0.875. The van der Waals surface area contributed by atoms with E-state index in [0.29, 0.717) is 24.4 Å². The number of hydrogen-bond acceptors (Lipinski definition) is 5. The zero-order chi connectivity index (χ0) is 15.2. The van der Waals surface area contributed by atoms with Crippen molar-refractivity contribution in [3.05, 3.63) is 11.7 Å². The molecule has 0 radical (unpaired) electrons. The highest BCUT2D eigenvalue weighted by Crippen LogP contribution is 2.34. The average Bonchev–Trinajstić information content (AvgIpc) is 3.20. The van der Waals surface area contributed by atoms with Crippen molar-refractivity contribution in [2.45, 2.75) is 65.5 Å². The summed E-state index contributed by atoms with van der Waals surface area (Å²) >= 11 is 0. The molecule has 0 amide bonds. The van der Waals surface area contributed by atoms with E-state index >= 15 is 0 Å². The monoisotopic (exact) mass is 295 g/mol. The molecule has 0 aliphatic heterocycles. The van der Waals surface area contributed by atoms with E-state index in [0.717, 1.165) is 31.2 Å². The molecular weight excluding hydrogens is 266 g/mol. The van der Waals surface area contributed by atoms with E-state index in [4.69, 9.17) is 9.26 Å². The lowest BCUT2D eigenvalue weighted by Crippen LogP contribution is -2.33. The molecule has 5 nitrogen and oxygen atoms in total. The van der Waals surface area contributed by atoms with Crippen molar-refractivity contribution >= 4 is 0 Å². The van der Waals surface area contributed by atoms with Crippen LogP contribution in [0.5, 0.6) is 0 Å². The third-order valence-electron chi connectivity index (χ3n) is 3.93. The molecule has 0 spiro atoms. The molecule has 1 aliphatic rings. The Labute approximate surface area is 127 Å². The summed E-state index contributed by atoms with van der Waals surface area (Å²) in [5, 5.41) is 7.74. The van der Waals surface area contributed by atoms with E-state index in [9.17, 15) is 0 Å². The van der Waals surface area contributed by atoms with Crippen molar-refractivity contribution in [3.63, 3.8) is 0 Å². The van der Waals surface area contributed by atoms with Crippen LogP contribution in [0.1, 0.15) is 64.8 Å². The number of nitrogens with one attached hydrogen (secondary N) is 1. The predicted octanol–water partition coefficient (Wildman–Crippen LogP) is 3.12. The highest BCUT2D eigenvalue weighted by molar-refractivity contribution is 4.97. The number of rotatable bonds is 10. The molecule has 1 aliphatic carbocycles. The Morgan fingerprint density at radius 2 is 2.10 bits per heavy atom. The SMILES string of the molecule is CCCNC(Cc1nc(C(OCC)C(C)C)no1)C1CC1. The molecule has 21 heavy (non-hydrogen) atoms. The summed E-state index contributed by atoms with van der Waals surface area (Å²) in [6, 6.07) is 0.475. The van der Waals surface area contributed by atoms with Gasteiger partial charge < -0.3 is 14.6 Å². The van der Waals surface area contributed by atoms with Gasteiger partial charge in [-0.2, -0.15) is 4.98 Å². The minimum absolute atomic E-state index is 0.0736. The van der Waals surface area contributed by atoms with Crippen molar-refractivity contribution in [3.8, 4) is 0 Å². The summed E-state index contributed by atoms with van der Waals surface area (Å²) in [5.74, 6) is 2.54. The molecule has 0 aromatic carbocycles. The summed E-state index contributed by atoms with van der Waals surface area (Å²) in [7, 11) is 0. The minimum Gasteiger partial charge on any atom is -0.370 e. The van der Waals surface area contributed by atoms with Crippen molar-refractivity contribution < 1.29 is 9.26 Å². The maximum atomic E-state index is 5.73. The highest BCUT2D eigenvalue weighted by Gasteiger charge is 2.32. The van der Waals surface area contributed by atoms with Crippen molar-refractivity contribution in [1.82, 2.24) is 15.5 Å². The number of nitrogens with zero attached hydrogens (tertiary/aromatic N) is 2. The molecule has 1 saturated carbocycles. The first-order valence-electron chi connectivity index (χ1n) is 8.33. The number of hydrogen-bond donors (Lipinski definition) is 1. The van der Waals surface area contributed by atoms with Gasteiger partial charge in [0.1, 0.15) is 6.10 Å². The van der Waals surface area contributed by atoms with Gasteiger partial charge in [-0.05, 0) is 44.6 Å². The van der Waals surface area contributed by atoms with E-state index in [1.807, 2.05) is 6.92 Å². The largest absolute Gasteiger partial charge is 0.370 e. The molecule has 1 fully saturated rings. The smallest absolute Gasteiger partial charge is 0.228 e. The van der Waals surface area contributed by atoms with Crippen LogP contribution in [0, 0.1) is 11.8 Å². The van der Waals surface area contributed by atoms with Crippen LogP contribution >= 0.6 is 0 Å². The van der Waals surface area contributed by atoms with Gasteiger partial charge in [0.15, 0.2) is 0 Å². The Bertz CT molecular complexity index is 415. The lowest BCUT2D eigenvalue weighted by Gasteiger charge is -2.17. The van der Waals surface area contributed by atoms with Crippen LogP contribution < -0.4 is 5.32 Å². The molecule has 1 aromatic rings. The van der Waals surface area contributed by atoms with Crippen LogP contribution in [-0.2, 0) is 11.2 Å². The Morgan fingerprint density at radius 3 is 2.67 bits per heavy atom. The topological polar surface area (TPSA) is 60.2 Å². The molecular formula is C16H29N3O2. The highest BCUT2D eigenvalue weighted by atomic mass is 16.5. The van der Waals surface area contributed by atoms with Gasteiger partial charge in [0.25, 0.3) is 0 Å². The Morgan fingerprint density at radius 1 is 1.33 bits per heavy atom. The maximum absolute atomic E-state index is 5.73. The molecule has 1 aromatic heterocycles. The van der Waals surface area contributed by atoms with Crippen LogP contribution in [0.4, 0.5) is 0 Å². The second-order valence-corrected chi connectivity index (χ2v) is 6.27. The van der Waals surface area contributed by atoms with E-state index in [1.54, 1.807) is 0 Å². The van der Waals surface area contributed by atoms with Crippen LogP contribution in [0.25, 0.3) is 0 Å². The number of ether oxygens (including phenoxy) is 1. The van der Waals surface area contributed by atoms with Gasteiger partial charge in [0.2, 0.25) is 11.7 Å². The summed E-state index contributed by atoms with van der Waals surface area (Å²) in [6.07, 6.45) is 4.54. The average molecular weight is 295 g/mol. The fourth-order valence-corrected chi connectivity index (χ4v) is 2.63. The maximum Gasteiger partial charge on any atom is 0.228 e. The Hall–Kier alpha value is -0.940. The van der Waals surface area contributed by atoms with Crippen molar-refractivity contribution in [2.24, 2.45) is 11.8 Å². The summed E-state index contributed by atoms with van der Waals surface area (Å²) in [6.45, 7) is 10.1. The van der Waals surface area contributed by atoms with Gasteiger partial charge in [-0.15, -0.1) is 0 Å². The predicted molar refractivity (Wildman–Crippen MR) is 82.0 cm³/mol. The molecule has 2 rings (SSSR count). The van der Waals surface area contributed by atoms with E-state index < -0.39 is 0 Å². The first-order chi connectivity index (χ1) is 10.2. The molecule has 120 valence electrons. The van der Waals surface area contributed by atoms with Crippen molar-refractivity contribution in [1.29, 1.82) is 0 Å². The normalized spacial score (nSPS) is 18.1. The van der Waals surface area contributed by atoms with Gasteiger partial charge in [0.05, 0.1) is 0 Å². The van der Waals surface area contributed by atoms with Crippen molar-refractivity contribution in [2.75, 3.05) is 13.2 Å². The first kappa shape index (κ1) is 16.4. The molecule has 2 unspecified atom stereocenters. The Kier molecular flexibility index (Phi) is 6.18. The van der Waals surface area contributed by atoms with E-state index in [2.05, 4.69) is 36.2 Å². The molecule has 1 heterocycles. The summed E-state index contributed by atoms with van der Waals surface area (Å²) in [5.41, 5.74) is 0. The zero-order valence-electron chi connectivity index (χ0n) is 13.8. The quantitative estimate of drug-likeness (QED) is 0.718. The third kappa shape index (κ3) is 4.78. The van der Waals surface area contributed by atoms with Crippen LogP contribution in [0.15, 0.2) is 4.52 Å². The second kappa shape index (κ2) is 7.90. The number of aromatic nitrogens is 2. The minimum atomic E-state index is -0.0736. The summed E-state index contributed by atoms with van der Waals surface area (Å²) < 4.78 is 11.2. The van der Waals surface area contributed by atoms with Crippen LogP contribution in [-0.4, -0.2) is 29.3 Å². The van der Waals surface area contributed by atoms with Gasteiger partial charge >= 0.3 is 0 Å². The lowest BCUT2D eigenvalue weighted by molar-refractivity contribution is 0.0217. The van der Waals surface area contributed by atoms with Crippen LogP contribution in [0.3, 0.4) is 0 Å². The first-order valence-corrected chi connectivity index (χ1v) is 8.33. The molecule has 5 heteroatoms. The molecule has 0 bridgehead atoms. The molecule has 0 saturated heterocycles. The van der Waals surface area contributed by atoms with Gasteiger partial charge in [-0.25, -0.2) is 0 Å². The summed E-state index contributed by atoms with van der Waals surface area (Å²) in [4.78, 5) is 4.57. The van der Waals surface area contributed by atoms with Gasteiger partial charge in [-0.3, -0.25) is 0 Å².